The number of hydrogen-bond acceptors (Lipinski definition) is 3. The minimum atomic E-state index is -3.26. The largest absolute Gasteiger partial charge is 0.325 e. The van der Waals surface area contributed by atoms with E-state index in [0.717, 1.165) is 17.6 Å². The molecule has 5 heteroatoms. The van der Waals surface area contributed by atoms with Gasteiger partial charge < -0.3 is 4.48 Å². The van der Waals surface area contributed by atoms with Crippen molar-refractivity contribution >= 4 is 10.1 Å². The highest BCUT2D eigenvalue weighted by atomic mass is 32.2. The summed E-state index contributed by atoms with van der Waals surface area (Å²) in [4.78, 5) is 0. The lowest BCUT2D eigenvalue weighted by atomic mass is 10.4. The Labute approximate surface area is 80.2 Å². The normalized spacial score (nSPS) is 22.0. The van der Waals surface area contributed by atoms with Crippen LogP contribution in [0.4, 0.5) is 0 Å². The summed E-state index contributed by atoms with van der Waals surface area (Å²) in [7, 11) is 0.0701. The molecule has 78 valence electrons. The van der Waals surface area contributed by atoms with Crippen LogP contribution in [0.2, 0.25) is 0 Å². The van der Waals surface area contributed by atoms with Crippen molar-refractivity contribution in [2.24, 2.45) is 0 Å². The number of quaternary nitrogens is 1. The summed E-state index contributed by atoms with van der Waals surface area (Å²) in [5.74, 6) is 0.139. The first kappa shape index (κ1) is 10.9. The molecule has 1 saturated heterocycles. The molecule has 13 heavy (non-hydrogen) atoms. The van der Waals surface area contributed by atoms with Crippen molar-refractivity contribution in [2.45, 2.75) is 12.8 Å². The van der Waals surface area contributed by atoms with E-state index in [2.05, 4.69) is 11.2 Å². The van der Waals surface area contributed by atoms with E-state index in [-0.39, 0.29) is 5.75 Å². The number of nitrogens with zero attached hydrogens (tertiary/aromatic N) is 1. The maximum atomic E-state index is 11.1. The highest BCUT2D eigenvalue weighted by Crippen LogP contribution is 2.16. The summed E-state index contributed by atoms with van der Waals surface area (Å²) >= 11 is 0. The molecule has 0 aromatic rings. The summed E-state index contributed by atoms with van der Waals surface area (Å²) in [6.45, 7) is 2.87. The lowest BCUT2D eigenvalue weighted by Gasteiger charge is -2.28. The minimum Gasteiger partial charge on any atom is -0.325 e. The maximum absolute atomic E-state index is 11.1. The third-order valence-corrected chi connectivity index (χ3v) is 3.97. The van der Waals surface area contributed by atoms with E-state index in [0.29, 0.717) is 6.54 Å². The van der Waals surface area contributed by atoms with Gasteiger partial charge in [-0.05, 0) is 0 Å². The molecule has 0 atom stereocenters. The van der Waals surface area contributed by atoms with Gasteiger partial charge in [0.2, 0.25) is 0 Å². The lowest BCUT2D eigenvalue weighted by molar-refractivity contribution is -0.895. The molecule has 0 unspecified atom stereocenters. The molecule has 1 rings (SSSR count). The number of hydrogen-bond donors (Lipinski definition) is 0. The van der Waals surface area contributed by atoms with Gasteiger partial charge in [-0.3, -0.25) is 4.18 Å². The second-order valence-corrected chi connectivity index (χ2v) is 5.78. The monoisotopic (exact) mass is 208 g/mol. The standard InChI is InChI=1S/C8H18NO3S/c1-9(5-3-4-6-9)7-8-13(10,11)12-2/h3-8H2,1-2H3/q+1. The van der Waals surface area contributed by atoms with Crippen LogP contribution < -0.4 is 0 Å². The zero-order valence-corrected chi connectivity index (χ0v) is 9.14. The molecule has 0 aliphatic carbocycles. The third kappa shape index (κ3) is 3.25. The predicted molar refractivity (Wildman–Crippen MR) is 50.8 cm³/mol. The molecule has 1 heterocycles. The minimum absolute atomic E-state index is 0.139. The summed E-state index contributed by atoms with van der Waals surface area (Å²) in [5.41, 5.74) is 0. The molecule has 0 aromatic heterocycles. The van der Waals surface area contributed by atoms with Crippen LogP contribution in [-0.2, 0) is 14.3 Å². The first-order valence-corrected chi connectivity index (χ1v) is 6.17. The summed E-state index contributed by atoms with van der Waals surface area (Å²) < 4.78 is 27.4. The van der Waals surface area contributed by atoms with Crippen molar-refractivity contribution < 1.29 is 17.1 Å². The van der Waals surface area contributed by atoms with Crippen LogP contribution in [0.5, 0.6) is 0 Å². The molecule has 0 amide bonds. The average molecular weight is 208 g/mol. The van der Waals surface area contributed by atoms with Crippen LogP contribution in [0.15, 0.2) is 0 Å². The lowest BCUT2D eigenvalue weighted by Crippen LogP contribution is -2.44. The summed E-state index contributed by atoms with van der Waals surface area (Å²) in [6.07, 6.45) is 2.42. The smallest absolute Gasteiger partial charge is 0.272 e. The van der Waals surface area contributed by atoms with Crippen LogP contribution in [0.3, 0.4) is 0 Å². The molecule has 1 fully saturated rings. The summed E-state index contributed by atoms with van der Waals surface area (Å²) in [5, 5.41) is 0. The first-order valence-electron chi connectivity index (χ1n) is 4.59. The van der Waals surface area contributed by atoms with Gasteiger partial charge in [0.05, 0.1) is 33.8 Å². The first-order chi connectivity index (χ1) is 5.97. The second kappa shape index (κ2) is 3.94. The zero-order chi connectivity index (χ0) is 9.95. The zero-order valence-electron chi connectivity index (χ0n) is 8.32. The van der Waals surface area contributed by atoms with Crippen molar-refractivity contribution in [3.05, 3.63) is 0 Å². The Morgan fingerprint density at radius 1 is 1.31 bits per heavy atom. The van der Waals surface area contributed by atoms with Gasteiger partial charge in [-0.15, -0.1) is 0 Å². The second-order valence-electron chi connectivity index (χ2n) is 3.93. The molecule has 0 aromatic carbocycles. The number of likely N-dealkylation sites (tertiary alicyclic amines) is 1. The maximum Gasteiger partial charge on any atom is 0.272 e. The molecule has 0 radical (unpaired) electrons. The van der Waals surface area contributed by atoms with Crippen LogP contribution in [-0.4, -0.2) is 52.4 Å². The molecule has 1 aliphatic rings. The van der Waals surface area contributed by atoms with Crippen LogP contribution in [0, 0.1) is 0 Å². The molecule has 4 nitrogen and oxygen atoms in total. The van der Waals surface area contributed by atoms with Gasteiger partial charge in [0.15, 0.2) is 0 Å². The fraction of sp³-hybridized carbons (Fsp3) is 1.00. The molecule has 1 aliphatic heterocycles. The van der Waals surface area contributed by atoms with Gasteiger partial charge in [0.1, 0.15) is 5.75 Å². The Kier molecular flexibility index (Phi) is 3.32. The van der Waals surface area contributed by atoms with Crippen molar-refractivity contribution in [1.82, 2.24) is 0 Å². The molecule has 0 spiro atoms. The van der Waals surface area contributed by atoms with Crippen molar-refractivity contribution in [2.75, 3.05) is 39.5 Å². The third-order valence-electron chi connectivity index (χ3n) is 2.78. The van der Waals surface area contributed by atoms with Gasteiger partial charge in [-0.1, -0.05) is 0 Å². The van der Waals surface area contributed by atoms with Gasteiger partial charge in [0.25, 0.3) is 10.1 Å². The number of rotatable bonds is 4. The van der Waals surface area contributed by atoms with E-state index < -0.39 is 10.1 Å². The highest BCUT2D eigenvalue weighted by molar-refractivity contribution is 7.86. The highest BCUT2D eigenvalue weighted by Gasteiger charge is 2.28. The molecular weight excluding hydrogens is 190 g/mol. The van der Waals surface area contributed by atoms with Crippen molar-refractivity contribution in [1.29, 1.82) is 0 Å². The van der Waals surface area contributed by atoms with Gasteiger partial charge in [-0.2, -0.15) is 8.42 Å². The Bertz CT molecular complexity index is 255. The van der Waals surface area contributed by atoms with Gasteiger partial charge >= 0.3 is 0 Å². The van der Waals surface area contributed by atoms with Gasteiger partial charge in [0, 0.05) is 12.8 Å². The van der Waals surface area contributed by atoms with E-state index >= 15 is 0 Å². The SMILES string of the molecule is COS(=O)(=O)CC[N+]1(C)CCCC1. The quantitative estimate of drug-likeness (QED) is 0.490. The molecule has 0 bridgehead atoms. The predicted octanol–water partition coefficient (Wildman–Crippen LogP) is 0.203. The fourth-order valence-electron chi connectivity index (χ4n) is 1.74. The van der Waals surface area contributed by atoms with Crippen LogP contribution in [0.25, 0.3) is 0 Å². The Hall–Kier alpha value is -0.130. The van der Waals surface area contributed by atoms with E-state index in [4.69, 9.17) is 0 Å². The van der Waals surface area contributed by atoms with Crippen molar-refractivity contribution in [3.8, 4) is 0 Å². The van der Waals surface area contributed by atoms with Crippen LogP contribution in [0.1, 0.15) is 12.8 Å². The molecule has 0 saturated carbocycles. The topological polar surface area (TPSA) is 43.4 Å². The van der Waals surface area contributed by atoms with E-state index in [9.17, 15) is 8.42 Å². The van der Waals surface area contributed by atoms with E-state index in [1.807, 2.05) is 0 Å². The Balaban J connectivity index is 2.42. The molecular formula is C8H18NO3S+. The fourth-order valence-corrected chi connectivity index (χ4v) is 2.57. The van der Waals surface area contributed by atoms with Crippen LogP contribution >= 0.6 is 0 Å². The van der Waals surface area contributed by atoms with Gasteiger partial charge in [-0.25, -0.2) is 0 Å². The summed E-state index contributed by atoms with van der Waals surface area (Å²) in [6, 6.07) is 0. The van der Waals surface area contributed by atoms with Crippen molar-refractivity contribution in [3.63, 3.8) is 0 Å². The Morgan fingerprint density at radius 3 is 2.31 bits per heavy atom. The van der Waals surface area contributed by atoms with E-state index in [1.165, 1.54) is 20.0 Å². The molecule has 0 N–H and O–H groups in total. The van der Waals surface area contributed by atoms with E-state index in [1.54, 1.807) is 0 Å². The average Bonchev–Trinajstić information content (AvgIpc) is 2.50. The Morgan fingerprint density at radius 2 is 1.85 bits per heavy atom.